The Hall–Kier alpha value is -3.58. The van der Waals surface area contributed by atoms with Crippen molar-refractivity contribution in [2.75, 3.05) is 24.7 Å². The molecule has 38 heavy (non-hydrogen) atoms. The molecule has 0 saturated carbocycles. The first kappa shape index (κ1) is 30.6. The molecule has 2 atom stereocenters. The van der Waals surface area contributed by atoms with Crippen molar-refractivity contribution >= 4 is 63.8 Å². The first-order chi connectivity index (χ1) is 18.1. The molecule has 0 aliphatic carbocycles. The molecule has 0 bridgehead atoms. The molecule has 2 unspecified atom stereocenters. The van der Waals surface area contributed by atoms with E-state index in [1.54, 1.807) is 48.5 Å². The van der Waals surface area contributed by atoms with Crippen molar-refractivity contribution in [2.24, 2.45) is 5.73 Å². The molecule has 2 aromatic carbocycles. The number of carbonyl (C=O) groups is 5. The van der Waals surface area contributed by atoms with Crippen LogP contribution in [-0.4, -0.2) is 85.2 Å². The summed E-state index contributed by atoms with van der Waals surface area (Å²) in [6.07, 6.45) is -0.350. The van der Waals surface area contributed by atoms with Gasteiger partial charge < -0.3 is 0 Å². The fourth-order valence-electron chi connectivity index (χ4n) is 2.94. The minimum atomic E-state index is -1.25. The Kier molecular flexibility index (Phi) is 12.6. The Morgan fingerprint density at radius 2 is 1.82 bits per heavy atom. The molecule has 204 valence electrons. The number of ether oxygens (including phenoxy) is 1. The Morgan fingerprint density at radius 1 is 1.08 bits per heavy atom. The second-order valence-electron chi connectivity index (χ2n) is 7.77. The summed E-state index contributed by atoms with van der Waals surface area (Å²) in [7, 11) is 2.84. The number of methoxy groups -OCH3 is 1. The number of nitrogens with one attached hydrogen (secondary N) is 3. The molecule has 3 amide bonds. The minimum absolute atomic E-state index is 0.0913. The van der Waals surface area contributed by atoms with Crippen LogP contribution in [0.4, 0.5) is 5.69 Å². The van der Waals surface area contributed by atoms with E-state index < -0.39 is 42.4 Å². The van der Waals surface area contributed by atoms with Crippen molar-refractivity contribution in [3.05, 3.63) is 54.1 Å². The summed E-state index contributed by atoms with van der Waals surface area (Å²) in [6.45, 7) is -0.627. The second-order valence-corrected chi connectivity index (χ2v) is 12.0. The van der Waals surface area contributed by atoms with Crippen molar-refractivity contribution in [1.82, 2.24) is 10.6 Å². The zero-order valence-corrected chi connectivity index (χ0v) is 22.9. The molecule has 14 heteroatoms. The van der Waals surface area contributed by atoms with E-state index in [1.807, 2.05) is 0 Å². The average molecular weight is 612 g/mol. The number of carboxylic acids is 2. The van der Waals surface area contributed by atoms with Gasteiger partial charge in [0.2, 0.25) is 0 Å². The molecule has 0 aliphatic rings. The fraction of sp³-hybridized carbons (Fsp3) is 0.292. The number of hydrogen-bond acceptors (Lipinski definition) is 8. The zero-order chi connectivity index (χ0) is 28.1. The molecule has 0 aromatic heterocycles. The predicted molar refractivity (Wildman–Crippen MR) is 143 cm³/mol. The number of nitrogens with two attached hydrogens (primary N) is 1. The van der Waals surface area contributed by atoms with Gasteiger partial charge >= 0.3 is 229 Å². The SMILES string of the molecule is COc1cccc(NC(=O)c2ccccc2[Se]SCC(NC(=O)CCC(N)C(=O)O)C(=O)NCC(=O)O)c1. The van der Waals surface area contributed by atoms with Gasteiger partial charge in [0.1, 0.15) is 0 Å². The molecule has 0 radical (unpaired) electrons. The maximum absolute atomic E-state index is 12.9. The van der Waals surface area contributed by atoms with Gasteiger partial charge in [0.15, 0.2) is 0 Å². The van der Waals surface area contributed by atoms with Crippen LogP contribution in [0.1, 0.15) is 23.2 Å². The van der Waals surface area contributed by atoms with Crippen molar-refractivity contribution < 1.29 is 38.9 Å². The Morgan fingerprint density at radius 3 is 2.50 bits per heavy atom. The molecule has 0 aliphatic heterocycles. The predicted octanol–water partition coefficient (Wildman–Crippen LogP) is -0.197. The number of carboxylic acid groups (broad SMARTS) is 2. The number of rotatable bonds is 15. The molecule has 0 fully saturated rings. The summed E-state index contributed by atoms with van der Waals surface area (Å²) >= 11 is -0.357. The van der Waals surface area contributed by atoms with Gasteiger partial charge in [-0.15, -0.1) is 0 Å². The topological polar surface area (TPSA) is 197 Å². The molecular weight excluding hydrogens is 583 g/mol. The third kappa shape index (κ3) is 10.4. The second kappa shape index (κ2) is 15.6. The molecule has 12 nitrogen and oxygen atoms in total. The van der Waals surface area contributed by atoms with Gasteiger partial charge in [0.25, 0.3) is 0 Å². The van der Waals surface area contributed by atoms with Gasteiger partial charge in [0, 0.05) is 0 Å². The van der Waals surface area contributed by atoms with Crippen LogP contribution >= 0.6 is 10.2 Å². The first-order valence-corrected chi connectivity index (χ1v) is 15.1. The summed E-state index contributed by atoms with van der Waals surface area (Å²) in [5, 5.41) is 25.3. The molecule has 0 saturated heterocycles. The number of hydrogen-bond donors (Lipinski definition) is 6. The summed E-state index contributed by atoms with van der Waals surface area (Å²) in [4.78, 5) is 59.4. The van der Waals surface area contributed by atoms with E-state index >= 15 is 0 Å². The van der Waals surface area contributed by atoms with Gasteiger partial charge in [-0.1, -0.05) is 0 Å². The van der Waals surface area contributed by atoms with Gasteiger partial charge in [-0.2, -0.15) is 0 Å². The fourth-order valence-corrected chi connectivity index (χ4v) is 7.15. The summed E-state index contributed by atoms with van der Waals surface area (Å²) < 4.78 is 5.92. The Labute approximate surface area is 228 Å². The molecule has 2 rings (SSSR count). The van der Waals surface area contributed by atoms with Crippen LogP contribution in [0.2, 0.25) is 0 Å². The molecule has 7 N–H and O–H groups in total. The van der Waals surface area contributed by atoms with Crippen LogP contribution in [0.3, 0.4) is 0 Å². The van der Waals surface area contributed by atoms with Gasteiger partial charge in [-0.25, -0.2) is 0 Å². The average Bonchev–Trinajstić information content (AvgIpc) is 2.89. The number of anilines is 1. The van der Waals surface area contributed by atoms with Crippen LogP contribution in [0, 0.1) is 0 Å². The van der Waals surface area contributed by atoms with E-state index in [4.69, 9.17) is 20.7 Å². The standard InChI is InChI=1S/C24H28N4O8SSe/c1-36-15-6-4-5-14(11-15)27-22(32)16-7-2-3-8-19(16)38-37-13-18(23(33)26-12-21(30)31)28-20(29)10-9-17(25)24(34)35/h2-8,11,17-18H,9-10,12-13,25H2,1H3,(H,26,33)(H,27,32)(H,28,29)(H,30,31)(H,34,35). The number of benzene rings is 2. The van der Waals surface area contributed by atoms with Crippen molar-refractivity contribution in [1.29, 1.82) is 0 Å². The van der Waals surface area contributed by atoms with Crippen LogP contribution in [0.15, 0.2) is 48.5 Å². The number of aliphatic carboxylic acids is 2. The Bertz CT molecular complexity index is 1170. The van der Waals surface area contributed by atoms with E-state index in [0.717, 1.165) is 4.46 Å². The zero-order valence-electron chi connectivity index (χ0n) is 20.3. The monoisotopic (exact) mass is 612 g/mol. The van der Waals surface area contributed by atoms with E-state index in [-0.39, 0.29) is 38.3 Å². The third-order valence-corrected chi connectivity index (χ3v) is 9.15. The molecule has 0 heterocycles. The van der Waals surface area contributed by atoms with Gasteiger partial charge in [0.05, 0.1) is 0 Å². The van der Waals surface area contributed by atoms with Crippen LogP contribution < -0.4 is 30.9 Å². The van der Waals surface area contributed by atoms with Crippen LogP contribution in [-0.2, 0) is 19.2 Å². The van der Waals surface area contributed by atoms with Crippen molar-refractivity contribution in [3.63, 3.8) is 0 Å². The van der Waals surface area contributed by atoms with E-state index in [0.29, 0.717) is 17.0 Å². The van der Waals surface area contributed by atoms with Gasteiger partial charge in [-0.3, -0.25) is 0 Å². The van der Waals surface area contributed by atoms with Crippen molar-refractivity contribution in [2.45, 2.75) is 24.9 Å². The number of amides is 3. The number of carbonyl (C=O) groups excluding carboxylic acids is 3. The van der Waals surface area contributed by atoms with Crippen LogP contribution in [0.25, 0.3) is 0 Å². The van der Waals surface area contributed by atoms with E-state index in [2.05, 4.69) is 16.0 Å². The first-order valence-electron chi connectivity index (χ1n) is 11.2. The molecule has 2 aromatic rings. The summed E-state index contributed by atoms with van der Waals surface area (Å²) in [5.74, 6) is -3.43. The normalized spacial score (nSPS) is 12.1. The Balaban J connectivity index is 2.04. The summed E-state index contributed by atoms with van der Waals surface area (Å²) in [5.41, 5.74) is 6.42. The molecular formula is C24H28N4O8SSe. The van der Waals surface area contributed by atoms with Gasteiger partial charge in [-0.05, 0) is 0 Å². The summed E-state index contributed by atoms with van der Waals surface area (Å²) in [6, 6.07) is 11.6. The van der Waals surface area contributed by atoms with Crippen LogP contribution in [0.5, 0.6) is 5.75 Å². The third-order valence-electron chi connectivity index (χ3n) is 4.91. The van der Waals surface area contributed by atoms with E-state index in [9.17, 15) is 24.0 Å². The quantitative estimate of drug-likeness (QED) is 0.147. The van der Waals surface area contributed by atoms with Crippen molar-refractivity contribution in [3.8, 4) is 5.75 Å². The molecule has 0 spiro atoms. The van der Waals surface area contributed by atoms with E-state index in [1.165, 1.54) is 17.3 Å². The maximum atomic E-state index is 12.9.